The van der Waals surface area contributed by atoms with E-state index in [0.717, 1.165) is 11.0 Å². The first-order valence-electron chi connectivity index (χ1n) is 12.0. The van der Waals surface area contributed by atoms with Crippen molar-refractivity contribution in [1.29, 1.82) is 0 Å². The maximum absolute atomic E-state index is 13.9. The lowest BCUT2D eigenvalue weighted by atomic mass is 9.98. The minimum Gasteiger partial charge on any atom is -0.459 e. The van der Waals surface area contributed by atoms with E-state index in [4.69, 9.17) is 10.2 Å². The topological polar surface area (TPSA) is 113 Å². The molecule has 0 radical (unpaired) electrons. The molecule has 1 saturated heterocycles. The van der Waals surface area contributed by atoms with Crippen molar-refractivity contribution >= 4 is 28.7 Å². The van der Waals surface area contributed by atoms with Crippen molar-refractivity contribution in [2.45, 2.75) is 25.2 Å². The molecule has 8 nitrogen and oxygen atoms in total. The highest BCUT2D eigenvalue weighted by atomic mass is 19.4. The van der Waals surface area contributed by atoms with E-state index in [9.17, 15) is 31.5 Å². The molecule has 4 aromatic rings. The summed E-state index contributed by atoms with van der Waals surface area (Å²) in [6.07, 6.45) is -3.23. The van der Waals surface area contributed by atoms with Gasteiger partial charge in [0, 0.05) is 23.7 Å². The number of nitrogen functional groups attached to an aromatic ring is 1. The first-order valence-corrected chi connectivity index (χ1v) is 12.0. The van der Waals surface area contributed by atoms with Crippen LogP contribution in [0.2, 0.25) is 0 Å². The summed E-state index contributed by atoms with van der Waals surface area (Å²) in [5, 5.41) is 5.30. The summed E-state index contributed by atoms with van der Waals surface area (Å²) in [5.41, 5.74) is 5.59. The van der Waals surface area contributed by atoms with Gasteiger partial charge in [0.15, 0.2) is 0 Å². The molecule has 5 rings (SSSR count). The highest BCUT2D eigenvalue weighted by molar-refractivity contribution is 5.95. The zero-order valence-corrected chi connectivity index (χ0v) is 20.7. The fraction of sp³-hybridized carbons (Fsp3) is 0.222. The van der Waals surface area contributed by atoms with Crippen LogP contribution in [0.3, 0.4) is 0 Å². The fourth-order valence-electron chi connectivity index (χ4n) is 4.27. The van der Waals surface area contributed by atoms with Gasteiger partial charge < -0.3 is 25.7 Å². The van der Waals surface area contributed by atoms with Crippen LogP contribution < -0.4 is 16.4 Å². The van der Waals surface area contributed by atoms with Gasteiger partial charge in [-0.2, -0.15) is 13.2 Å². The lowest BCUT2D eigenvalue weighted by molar-refractivity contribution is -0.136. The SMILES string of the molecule is Nc1ccc(CNC(=O)NCc2cc3cc(-c4ccc(C(=O)N5CC(F)(F)C5)cc4)cc(C(F)(F)F)c3o2)cn1. The van der Waals surface area contributed by atoms with Gasteiger partial charge in [-0.15, -0.1) is 0 Å². The number of carbonyl (C=O) groups is 2. The monoisotopic (exact) mass is 559 g/mol. The van der Waals surface area contributed by atoms with Crippen molar-refractivity contribution in [1.82, 2.24) is 20.5 Å². The quantitative estimate of drug-likeness (QED) is 0.282. The van der Waals surface area contributed by atoms with Crippen LogP contribution in [-0.4, -0.2) is 40.8 Å². The number of anilines is 1. The molecule has 0 unspecified atom stereocenters. The molecule has 3 heterocycles. The van der Waals surface area contributed by atoms with Crippen LogP contribution in [0.25, 0.3) is 22.1 Å². The fourth-order valence-corrected chi connectivity index (χ4v) is 4.27. The Morgan fingerprint density at radius 1 is 0.975 bits per heavy atom. The summed E-state index contributed by atoms with van der Waals surface area (Å²) in [5.74, 6) is -3.04. The van der Waals surface area contributed by atoms with E-state index in [1.54, 1.807) is 12.1 Å². The first-order chi connectivity index (χ1) is 18.9. The van der Waals surface area contributed by atoms with Crippen LogP contribution in [-0.2, 0) is 19.3 Å². The van der Waals surface area contributed by atoms with Gasteiger partial charge in [0.25, 0.3) is 11.8 Å². The number of urea groups is 1. The second kappa shape index (κ2) is 10.1. The lowest BCUT2D eigenvalue weighted by Gasteiger charge is -2.38. The number of halogens is 5. The summed E-state index contributed by atoms with van der Waals surface area (Å²) < 4.78 is 73.4. The number of amides is 3. The molecule has 4 N–H and O–H groups in total. The van der Waals surface area contributed by atoms with Crippen molar-refractivity contribution in [2.75, 3.05) is 18.8 Å². The highest BCUT2D eigenvalue weighted by Crippen LogP contribution is 2.39. The number of alkyl halides is 5. The molecule has 1 aliphatic rings. The predicted octanol–water partition coefficient (Wildman–Crippen LogP) is 5.19. The van der Waals surface area contributed by atoms with Crippen molar-refractivity contribution in [2.24, 2.45) is 0 Å². The molecule has 13 heteroatoms. The van der Waals surface area contributed by atoms with Gasteiger partial charge in [-0.1, -0.05) is 18.2 Å². The van der Waals surface area contributed by atoms with E-state index in [-0.39, 0.29) is 40.9 Å². The maximum atomic E-state index is 13.9. The lowest BCUT2D eigenvalue weighted by Crippen LogP contribution is -2.58. The number of likely N-dealkylation sites (tertiary alicyclic amines) is 1. The van der Waals surface area contributed by atoms with Crippen molar-refractivity contribution in [3.8, 4) is 11.1 Å². The smallest absolute Gasteiger partial charge is 0.420 e. The normalized spacial score (nSPS) is 14.6. The van der Waals surface area contributed by atoms with Crippen molar-refractivity contribution < 1.29 is 36.0 Å². The number of aromatic nitrogens is 1. The molecule has 0 aliphatic carbocycles. The molecular formula is C27H22F5N5O3. The average Bonchev–Trinajstić information content (AvgIpc) is 3.31. The third-order valence-corrected chi connectivity index (χ3v) is 6.29. The zero-order chi connectivity index (χ0) is 28.7. The molecule has 2 aromatic heterocycles. The minimum absolute atomic E-state index is 0.106. The van der Waals surface area contributed by atoms with Crippen LogP contribution >= 0.6 is 0 Å². The summed E-state index contributed by atoms with van der Waals surface area (Å²) >= 11 is 0. The van der Waals surface area contributed by atoms with E-state index in [2.05, 4.69) is 15.6 Å². The molecule has 0 atom stereocenters. The Kier molecular flexibility index (Phi) is 6.82. The number of fused-ring (bicyclic) bond motifs is 1. The van der Waals surface area contributed by atoms with Gasteiger partial charge in [0.1, 0.15) is 17.2 Å². The number of nitrogens with one attached hydrogen (secondary N) is 2. The third kappa shape index (κ3) is 5.82. The van der Waals surface area contributed by atoms with Crippen LogP contribution in [0.15, 0.2) is 65.2 Å². The van der Waals surface area contributed by atoms with Gasteiger partial charge in [-0.3, -0.25) is 4.79 Å². The maximum Gasteiger partial charge on any atom is 0.420 e. The molecule has 0 bridgehead atoms. The third-order valence-electron chi connectivity index (χ3n) is 6.29. The van der Waals surface area contributed by atoms with Gasteiger partial charge in [-0.05, 0) is 53.1 Å². The summed E-state index contributed by atoms with van der Waals surface area (Å²) in [6, 6.07) is 12.2. The highest BCUT2D eigenvalue weighted by Gasteiger charge is 2.46. The molecule has 2 aromatic carbocycles. The van der Waals surface area contributed by atoms with Crippen molar-refractivity contribution in [3.05, 3.63) is 83.2 Å². The van der Waals surface area contributed by atoms with E-state index >= 15 is 0 Å². The van der Waals surface area contributed by atoms with Crippen molar-refractivity contribution in [3.63, 3.8) is 0 Å². The Balaban J connectivity index is 1.31. The summed E-state index contributed by atoms with van der Waals surface area (Å²) in [4.78, 5) is 29.4. The second-order valence-corrected chi connectivity index (χ2v) is 9.37. The molecular weight excluding hydrogens is 537 g/mol. The van der Waals surface area contributed by atoms with Crippen LogP contribution in [0.4, 0.5) is 32.6 Å². The van der Waals surface area contributed by atoms with Crippen LogP contribution in [0.5, 0.6) is 0 Å². The number of carbonyl (C=O) groups excluding carboxylic acids is 2. The Morgan fingerprint density at radius 2 is 1.68 bits per heavy atom. The molecule has 3 amide bonds. The Hall–Kier alpha value is -4.68. The number of hydrogen-bond donors (Lipinski definition) is 3. The molecule has 1 fully saturated rings. The van der Waals surface area contributed by atoms with Gasteiger partial charge in [0.05, 0.1) is 25.2 Å². The number of benzene rings is 2. The molecule has 1 aliphatic heterocycles. The number of nitrogens with two attached hydrogens (primary N) is 1. The summed E-state index contributed by atoms with van der Waals surface area (Å²) in [7, 11) is 0. The van der Waals surface area contributed by atoms with E-state index < -0.39 is 42.7 Å². The second-order valence-electron chi connectivity index (χ2n) is 9.37. The van der Waals surface area contributed by atoms with Gasteiger partial charge in [0.2, 0.25) is 0 Å². The minimum atomic E-state index is -4.74. The predicted molar refractivity (Wildman–Crippen MR) is 135 cm³/mol. The van der Waals surface area contributed by atoms with Crippen LogP contribution in [0.1, 0.15) is 27.2 Å². The largest absolute Gasteiger partial charge is 0.459 e. The van der Waals surface area contributed by atoms with Crippen LogP contribution in [0, 0.1) is 0 Å². The Labute approximate surface area is 224 Å². The van der Waals surface area contributed by atoms with Gasteiger partial charge in [-0.25, -0.2) is 18.6 Å². The number of rotatable bonds is 6. The average molecular weight is 559 g/mol. The molecule has 208 valence electrons. The Bertz CT molecular complexity index is 1560. The molecule has 0 saturated carbocycles. The van der Waals surface area contributed by atoms with Gasteiger partial charge >= 0.3 is 12.2 Å². The van der Waals surface area contributed by atoms with E-state index in [0.29, 0.717) is 16.9 Å². The number of hydrogen-bond acceptors (Lipinski definition) is 5. The standard InChI is InChI=1S/C27H22F5N5O3/c28-26(29)13-37(14-26)24(38)17-4-2-16(3-5-17)18-7-19-8-20(40-23(19)21(9-18)27(30,31)32)12-36-25(39)35-11-15-1-6-22(33)34-10-15/h1-10H,11-14H2,(H2,33,34)(H2,35,36,39). The zero-order valence-electron chi connectivity index (χ0n) is 20.7. The summed E-state index contributed by atoms with van der Waals surface area (Å²) in [6.45, 7) is -1.34. The number of furan rings is 1. The van der Waals surface area contributed by atoms with E-state index in [1.165, 1.54) is 42.6 Å². The number of nitrogens with zero attached hydrogens (tertiary/aromatic N) is 2. The molecule has 0 spiro atoms. The first kappa shape index (κ1) is 26.9. The molecule has 40 heavy (non-hydrogen) atoms. The van der Waals surface area contributed by atoms with E-state index in [1.807, 2.05) is 0 Å². The Morgan fingerprint density at radius 3 is 2.30 bits per heavy atom. The number of pyridine rings is 1.